The number of amides is 1. The summed E-state index contributed by atoms with van der Waals surface area (Å²) in [5.41, 5.74) is 0.117. The summed E-state index contributed by atoms with van der Waals surface area (Å²) in [6, 6.07) is 5.92. The summed E-state index contributed by atoms with van der Waals surface area (Å²) in [6.45, 7) is 5.88. The number of piperidine rings is 1. The van der Waals surface area contributed by atoms with Gasteiger partial charge in [0.25, 0.3) is 15.9 Å². The van der Waals surface area contributed by atoms with Crippen LogP contribution in [0.5, 0.6) is 0 Å². The first-order chi connectivity index (χ1) is 13.6. The number of rotatable bonds is 5. The summed E-state index contributed by atoms with van der Waals surface area (Å²) in [5.74, 6) is -0.629. The Balaban J connectivity index is 1.74. The van der Waals surface area contributed by atoms with E-state index < -0.39 is 22.0 Å². The van der Waals surface area contributed by atoms with Crippen molar-refractivity contribution in [2.24, 2.45) is 4.40 Å². The molecule has 2 heterocycles. The SMILES string of the molecule is CCC(C)(C)NC(=O)COC(=O)[C@H]1CCCCN1C1=NS(=O)(=O)c2ccccc21. The van der Waals surface area contributed by atoms with Gasteiger partial charge in [-0.25, -0.2) is 4.79 Å². The number of fused-ring (bicyclic) bond motifs is 1. The highest BCUT2D eigenvalue weighted by Gasteiger charge is 2.38. The van der Waals surface area contributed by atoms with E-state index in [1.807, 2.05) is 20.8 Å². The monoisotopic (exact) mass is 421 g/mol. The summed E-state index contributed by atoms with van der Waals surface area (Å²) >= 11 is 0. The number of benzene rings is 1. The highest BCUT2D eigenvalue weighted by atomic mass is 32.2. The van der Waals surface area contributed by atoms with Crippen LogP contribution in [0.1, 0.15) is 52.0 Å². The number of amidine groups is 1. The van der Waals surface area contributed by atoms with Gasteiger partial charge in [0.1, 0.15) is 10.9 Å². The number of likely N-dealkylation sites (tertiary alicyclic amines) is 1. The fourth-order valence-electron chi connectivity index (χ4n) is 3.46. The van der Waals surface area contributed by atoms with Gasteiger partial charge in [-0.2, -0.15) is 8.42 Å². The van der Waals surface area contributed by atoms with Gasteiger partial charge in [-0.3, -0.25) is 4.79 Å². The van der Waals surface area contributed by atoms with Crippen LogP contribution in [0, 0.1) is 0 Å². The normalized spacial score (nSPS) is 20.6. The Hall–Kier alpha value is -2.42. The summed E-state index contributed by atoms with van der Waals surface area (Å²) in [6.07, 6.45) is 2.89. The second kappa shape index (κ2) is 8.14. The van der Waals surface area contributed by atoms with Crippen molar-refractivity contribution in [2.45, 2.75) is 62.9 Å². The van der Waals surface area contributed by atoms with E-state index in [2.05, 4.69) is 9.71 Å². The fourth-order valence-corrected chi connectivity index (χ4v) is 4.68. The predicted octanol–water partition coefficient (Wildman–Crippen LogP) is 1.84. The first-order valence-electron chi connectivity index (χ1n) is 9.83. The van der Waals surface area contributed by atoms with Crippen molar-refractivity contribution in [3.63, 3.8) is 0 Å². The number of sulfonamides is 1. The van der Waals surface area contributed by atoms with E-state index in [1.54, 1.807) is 23.1 Å². The summed E-state index contributed by atoms with van der Waals surface area (Å²) in [5, 5.41) is 2.82. The molecule has 9 heteroatoms. The highest BCUT2D eigenvalue weighted by Crippen LogP contribution is 2.30. The molecule has 158 valence electrons. The first-order valence-corrected chi connectivity index (χ1v) is 11.3. The zero-order valence-electron chi connectivity index (χ0n) is 17.0. The van der Waals surface area contributed by atoms with Gasteiger partial charge in [0.05, 0.1) is 0 Å². The van der Waals surface area contributed by atoms with E-state index in [-0.39, 0.29) is 28.8 Å². The van der Waals surface area contributed by atoms with Crippen LogP contribution in [-0.2, 0) is 24.3 Å². The minimum atomic E-state index is -3.77. The van der Waals surface area contributed by atoms with E-state index in [9.17, 15) is 18.0 Å². The second-order valence-electron chi connectivity index (χ2n) is 7.98. The van der Waals surface area contributed by atoms with E-state index in [4.69, 9.17) is 4.74 Å². The number of hydrogen-bond donors (Lipinski definition) is 1. The topological polar surface area (TPSA) is 105 Å². The minimum Gasteiger partial charge on any atom is -0.454 e. The third-order valence-corrected chi connectivity index (χ3v) is 6.69. The number of carbonyl (C=O) groups excluding carboxylic acids is 2. The van der Waals surface area contributed by atoms with E-state index in [0.29, 0.717) is 18.5 Å². The molecule has 0 unspecified atom stereocenters. The fraction of sp³-hybridized carbons (Fsp3) is 0.550. The summed E-state index contributed by atoms with van der Waals surface area (Å²) in [4.78, 5) is 26.7. The number of ether oxygens (including phenoxy) is 1. The Kier molecular flexibility index (Phi) is 5.97. The molecule has 0 aromatic heterocycles. The average molecular weight is 422 g/mol. The molecular weight excluding hydrogens is 394 g/mol. The standard InChI is InChI=1S/C20H27N3O5S/c1-4-20(2,3)21-17(24)13-28-19(25)15-10-7-8-12-23(15)18-14-9-5-6-11-16(14)29(26,27)22-18/h5-6,9,11,15H,4,7-8,10,12-13H2,1-3H3,(H,21,24)/t15-/m1/s1. The van der Waals surface area contributed by atoms with Gasteiger partial charge in [-0.05, 0) is 51.7 Å². The van der Waals surface area contributed by atoms with Gasteiger partial charge in [0.2, 0.25) is 0 Å². The maximum absolute atomic E-state index is 12.7. The van der Waals surface area contributed by atoms with Gasteiger partial charge in [-0.1, -0.05) is 19.1 Å². The molecular formula is C20H27N3O5S. The molecule has 0 spiro atoms. The van der Waals surface area contributed by atoms with E-state index >= 15 is 0 Å². The van der Waals surface area contributed by atoms with Crippen LogP contribution in [0.3, 0.4) is 0 Å². The Morgan fingerprint density at radius 2 is 2.00 bits per heavy atom. The lowest BCUT2D eigenvalue weighted by Crippen LogP contribution is -2.50. The molecule has 29 heavy (non-hydrogen) atoms. The Bertz CT molecular complexity index is 939. The lowest BCUT2D eigenvalue weighted by atomic mass is 10.0. The first kappa shape index (κ1) is 21.3. The number of carbonyl (C=O) groups is 2. The molecule has 1 saturated heterocycles. The minimum absolute atomic E-state index is 0.147. The van der Waals surface area contributed by atoms with Gasteiger partial charge in [0, 0.05) is 17.6 Å². The van der Waals surface area contributed by atoms with Crippen LogP contribution in [0.2, 0.25) is 0 Å². The summed E-state index contributed by atoms with van der Waals surface area (Å²) in [7, 11) is -3.77. The quantitative estimate of drug-likeness (QED) is 0.728. The molecule has 3 rings (SSSR count). The van der Waals surface area contributed by atoms with Gasteiger partial charge < -0.3 is 15.0 Å². The van der Waals surface area contributed by atoms with Crippen molar-refractivity contribution in [2.75, 3.05) is 13.2 Å². The van der Waals surface area contributed by atoms with Gasteiger partial charge in [0.15, 0.2) is 12.4 Å². The molecule has 8 nitrogen and oxygen atoms in total. The smallest absolute Gasteiger partial charge is 0.329 e. The zero-order chi connectivity index (χ0) is 21.2. The Morgan fingerprint density at radius 3 is 2.72 bits per heavy atom. The van der Waals surface area contributed by atoms with Crippen molar-refractivity contribution in [1.82, 2.24) is 10.2 Å². The molecule has 1 aromatic carbocycles. The molecule has 2 aliphatic rings. The van der Waals surface area contributed by atoms with Gasteiger partial charge in [-0.15, -0.1) is 4.40 Å². The zero-order valence-corrected chi connectivity index (χ0v) is 17.8. The van der Waals surface area contributed by atoms with Crippen LogP contribution in [0.25, 0.3) is 0 Å². The van der Waals surface area contributed by atoms with E-state index in [0.717, 1.165) is 19.3 Å². The number of nitrogens with zero attached hydrogens (tertiary/aromatic N) is 2. The molecule has 1 N–H and O–H groups in total. The number of esters is 1. The average Bonchev–Trinajstić information content (AvgIpc) is 2.97. The lowest BCUT2D eigenvalue weighted by molar-refractivity contribution is -0.153. The van der Waals surface area contributed by atoms with Crippen molar-refractivity contribution in [3.05, 3.63) is 29.8 Å². The lowest BCUT2D eigenvalue weighted by Gasteiger charge is -2.35. The highest BCUT2D eigenvalue weighted by molar-refractivity contribution is 7.90. The molecule has 1 atom stereocenters. The number of nitrogens with one attached hydrogen (secondary N) is 1. The van der Waals surface area contributed by atoms with Crippen LogP contribution in [0.4, 0.5) is 0 Å². The molecule has 0 aliphatic carbocycles. The maximum Gasteiger partial charge on any atom is 0.329 e. The maximum atomic E-state index is 12.7. The van der Waals surface area contributed by atoms with Gasteiger partial charge >= 0.3 is 5.97 Å². The molecule has 0 radical (unpaired) electrons. The van der Waals surface area contributed by atoms with Crippen LogP contribution < -0.4 is 5.32 Å². The second-order valence-corrected chi connectivity index (χ2v) is 9.56. The molecule has 1 fully saturated rings. The van der Waals surface area contributed by atoms with Crippen molar-refractivity contribution < 1.29 is 22.7 Å². The molecule has 1 aromatic rings. The Morgan fingerprint density at radius 1 is 1.28 bits per heavy atom. The molecule has 1 amide bonds. The van der Waals surface area contributed by atoms with Crippen LogP contribution in [-0.4, -0.2) is 55.8 Å². The third kappa shape index (κ3) is 4.60. The number of hydrogen-bond acceptors (Lipinski definition) is 6. The van der Waals surface area contributed by atoms with Crippen LogP contribution in [0.15, 0.2) is 33.6 Å². The third-order valence-electron chi connectivity index (χ3n) is 5.37. The largest absolute Gasteiger partial charge is 0.454 e. The Labute approximate surface area is 171 Å². The molecule has 0 bridgehead atoms. The predicted molar refractivity (Wildman–Crippen MR) is 108 cm³/mol. The summed E-state index contributed by atoms with van der Waals surface area (Å²) < 4.78 is 33.9. The molecule has 0 saturated carbocycles. The molecule has 2 aliphatic heterocycles. The van der Waals surface area contributed by atoms with Crippen molar-refractivity contribution >= 4 is 27.7 Å². The van der Waals surface area contributed by atoms with E-state index in [1.165, 1.54) is 6.07 Å². The van der Waals surface area contributed by atoms with Crippen LogP contribution >= 0.6 is 0 Å². The van der Waals surface area contributed by atoms with Crippen molar-refractivity contribution in [1.29, 1.82) is 0 Å². The van der Waals surface area contributed by atoms with Crippen molar-refractivity contribution in [3.8, 4) is 0 Å².